The second-order valence-corrected chi connectivity index (χ2v) is 4.15. The summed E-state index contributed by atoms with van der Waals surface area (Å²) in [5, 5.41) is 10.8. The molecule has 0 unspecified atom stereocenters. The van der Waals surface area contributed by atoms with Gasteiger partial charge in [0.25, 0.3) is 5.69 Å². The number of nitro benzene ring substituents is 1. The zero-order valence-electron chi connectivity index (χ0n) is 9.65. The molecule has 1 fully saturated rings. The molecule has 18 heavy (non-hydrogen) atoms. The lowest BCUT2D eigenvalue weighted by Crippen LogP contribution is -2.57. The quantitative estimate of drug-likeness (QED) is 0.485. The molecule has 1 aliphatic rings. The van der Waals surface area contributed by atoms with E-state index in [1.54, 1.807) is 23.1 Å². The lowest BCUT2D eigenvalue weighted by Gasteiger charge is -2.36. The highest BCUT2D eigenvalue weighted by molar-refractivity contribution is 5.93. The van der Waals surface area contributed by atoms with E-state index in [4.69, 9.17) is 5.73 Å². The lowest BCUT2D eigenvalue weighted by atomic mass is 10.1. The first-order chi connectivity index (χ1) is 8.58. The van der Waals surface area contributed by atoms with Gasteiger partial charge in [-0.3, -0.25) is 14.9 Å². The largest absolute Gasteiger partial charge is 0.336 e. The number of benzene rings is 1. The summed E-state index contributed by atoms with van der Waals surface area (Å²) < 4.78 is 0. The van der Waals surface area contributed by atoms with Crippen LogP contribution in [0.5, 0.6) is 0 Å². The number of carbonyl (C=O) groups is 1. The van der Waals surface area contributed by atoms with E-state index < -0.39 is 4.92 Å². The highest BCUT2D eigenvalue weighted by atomic mass is 16.6. The van der Waals surface area contributed by atoms with Gasteiger partial charge in [0.2, 0.25) is 5.91 Å². The third kappa shape index (κ3) is 2.54. The molecular weight excluding hydrogens is 234 g/mol. The minimum Gasteiger partial charge on any atom is -0.336 e. The number of amides is 1. The van der Waals surface area contributed by atoms with Crippen molar-refractivity contribution in [1.82, 2.24) is 4.90 Å². The van der Waals surface area contributed by atoms with Crippen LogP contribution in [0.25, 0.3) is 6.08 Å². The fourth-order valence-electron chi connectivity index (χ4n) is 1.75. The molecule has 2 rings (SSSR count). The Morgan fingerprint density at radius 1 is 1.44 bits per heavy atom. The predicted octanol–water partition coefficient (Wildman–Crippen LogP) is 0.777. The van der Waals surface area contributed by atoms with E-state index in [-0.39, 0.29) is 17.6 Å². The molecule has 0 bridgehead atoms. The van der Waals surface area contributed by atoms with E-state index in [1.807, 2.05) is 0 Å². The number of rotatable bonds is 3. The second kappa shape index (κ2) is 4.97. The van der Waals surface area contributed by atoms with Crippen LogP contribution < -0.4 is 5.73 Å². The summed E-state index contributed by atoms with van der Waals surface area (Å²) >= 11 is 0. The van der Waals surface area contributed by atoms with E-state index in [0.29, 0.717) is 18.7 Å². The Hall–Kier alpha value is -2.21. The smallest absolute Gasteiger partial charge is 0.276 e. The summed E-state index contributed by atoms with van der Waals surface area (Å²) in [7, 11) is 0. The first-order valence-corrected chi connectivity index (χ1v) is 5.54. The third-order valence-electron chi connectivity index (χ3n) is 2.76. The number of nitrogens with two attached hydrogens (primary N) is 1. The van der Waals surface area contributed by atoms with Crippen LogP contribution in [-0.4, -0.2) is 34.9 Å². The van der Waals surface area contributed by atoms with Crippen LogP contribution in [0.3, 0.4) is 0 Å². The SMILES string of the molecule is NC1CN(C(=O)C=Cc2ccccc2[N+](=O)[O-])C1. The van der Waals surface area contributed by atoms with Gasteiger partial charge in [0, 0.05) is 31.3 Å². The van der Waals surface area contributed by atoms with Crippen molar-refractivity contribution in [2.45, 2.75) is 6.04 Å². The molecule has 1 saturated heterocycles. The van der Waals surface area contributed by atoms with Gasteiger partial charge in [0.1, 0.15) is 0 Å². The van der Waals surface area contributed by atoms with Crippen LogP contribution in [-0.2, 0) is 4.79 Å². The number of para-hydroxylation sites is 1. The van der Waals surface area contributed by atoms with Crippen LogP contribution >= 0.6 is 0 Å². The summed E-state index contributed by atoms with van der Waals surface area (Å²) in [4.78, 5) is 23.5. The van der Waals surface area contributed by atoms with Crippen LogP contribution in [0, 0.1) is 10.1 Å². The van der Waals surface area contributed by atoms with Crippen LogP contribution in [0.1, 0.15) is 5.56 Å². The third-order valence-corrected chi connectivity index (χ3v) is 2.76. The van der Waals surface area contributed by atoms with Gasteiger partial charge < -0.3 is 10.6 Å². The minimum absolute atomic E-state index is 0.0122. The zero-order chi connectivity index (χ0) is 13.1. The summed E-state index contributed by atoms with van der Waals surface area (Å²) in [6.07, 6.45) is 2.80. The fourth-order valence-corrected chi connectivity index (χ4v) is 1.75. The maximum Gasteiger partial charge on any atom is 0.276 e. The number of nitro groups is 1. The van der Waals surface area contributed by atoms with Crippen molar-refractivity contribution in [2.75, 3.05) is 13.1 Å². The molecule has 1 aliphatic heterocycles. The fraction of sp³-hybridized carbons (Fsp3) is 0.250. The highest BCUT2D eigenvalue weighted by Crippen LogP contribution is 2.19. The predicted molar refractivity (Wildman–Crippen MR) is 66.7 cm³/mol. The maximum absolute atomic E-state index is 11.6. The zero-order valence-corrected chi connectivity index (χ0v) is 9.65. The molecule has 0 atom stereocenters. The Morgan fingerprint density at radius 3 is 2.72 bits per heavy atom. The van der Waals surface area contributed by atoms with E-state index >= 15 is 0 Å². The lowest BCUT2D eigenvalue weighted by molar-refractivity contribution is -0.385. The van der Waals surface area contributed by atoms with Gasteiger partial charge in [-0.1, -0.05) is 12.1 Å². The second-order valence-electron chi connectivity index (χ2n) is 4.15. The Bertz CT molecular complexity index is 507. The molecule has 1 amide bonds. The van der Waals surface area contributed by atoms with Gasteiger partial charge in [-0.25, -0.2) is 0 Å². The van der Waals surface area contributed by atoms with Gasteiger partial charge in [-0.05, 0) is 12.1 Å². The van der Waals surface area contributed by atoms with Crippen molar-refractivity contribution in [1.29, 1.82) is 0 Å². The van der Waals surface area contributed by atoms with Gasteiger partial charge in [0.05, 0.1) is 10.5 Å². The Balaban J connectivity index is 2.09. The monoisotopic (exact) mass is 247 g/mol. The van der Waals surface area contributed by atoms with E-state index in [9.17, 15) is 14.9 Å². The molecule has 2 N–H and O–H groups in total. The molecular formula is C12H13N3O3. The van der Waals surface area contributed by atoms with E-state index in [2.05, 4.69) is 0 Å². The van der Waals surface area contributed by atoms with Crippen molar-refractivity contribution >= 4 is 17.7 Å². The molecule has 1 aromatic rings. The van der Waals surface area contributed by atoms with Crippen LogP contribution in [0.15, 0.2) is 30.3 Å². The number of hydrogen-bond donors (Lipinski definition) is 1. The van der Waals surface area contributed by atoms with Crippen LogP contribution in [0.4, 0.5) is 5.69 Å². The normalized spacial score (nSPS) is 15.7. The molecule has 94 valence electrons. The first-order valence-electron chi connectivity index (χ1n) is 5.54. The summed E-state index contributed by atoms with van der Waals surface area (Å²) in [5.74, 6) is -0.171. The average Bonchev–Trinajstić information content (AvgIpc) is 2.32. The Labute approximate surface area is 104 Å². The van der Waals surface area contributed by atoms with Crippen molar-refractivity contribution in [3.05, 3.63) is 46.0 Å². The topological polar surface area (TPSA) is 89.5 Å². The standard InChI is InChI=1S/C12H13N3O3/c13-10-7-14(8-10)12(16)6-5-9-3-1-2-4-11(9)15(17)18/h1-6,10H,7-8,13H2. The van der Waals surface area contributed by atoms with Gasteiger partial charge in [-0.2, -0.15) is 0 Å². The van der Waals surface area contributed by atoms with Crippen molar-refractivity contribution in [3.8, 4) is 0 Å². The maximum atomic E-state index is 11.6. The molecule has 6 nitrogen and oxygen atoms in total. The molecule has 0 spiro atoms. The molecule has 0 aromatic heterocycles. The number of carbonyl (C=O) groups excluding carboxylic acids is 1. The van der Waals surface area contributed by atoms with Gasteiger partial charge >= 0.3 is 0 Å². The minimum atomic E-state index is -0.469. The van der Waals surface area contributed by atoms with E-state index in [1.165, 1.54) is 18.2 Å². The van der Waals surface area contributed by atoms with E-state index in [0.717, 1.165) is 0 Å². The highest BCUT2D eigenvalue weighted by Gasteiger charge is 2.25. The molecule has 0 aliphatic carbocycles. The van der Waals surface area contributed by atoms with Gasteiger partial charge in [0.15, 0.2) is 0 Å². The van der Waals surface area contributed by atoms with Gasteiger partial charge in [-0.15, -0.1) is 0 Å². The first kappa shape index (κ1) is 12.3. The molecule has 6 heteroatoms. The summed E-state index contributed by atoms with van der Waals surface area (Å²) in [5.41, 5.74) is 5.98. The average molecular weight is 247 g/mol. The number of nitrogens with zero attached hydrogens (tertiary/aromatic N) is 2. The van der Waals surface area contributed by atoms with Crippen LogP contribution in [0.2, 0.25) is 0 Å². The Morgan fingerprint density at radius 2 is 2.11 bits per heavy atom. The number of hydrogen-bond acceptors (Lipinski definition) is 4. The Kier molecular flexibility index (Phi) is 3.38. The number of likely N-dealkylation sites (tertiary alicyclic amines) is 1. The molecule has 0 radical (unpaired) electrons. The van der Waals surface area contributed by atoms with Crippen molar-refractivity contribution < 1.29 is 9.72 Å². The molecule has 0 saturated carbocycles. The molecule has 1 aromatic carbocycles. The van der Waals surface area contributed by atoms with Crippen molar-refractivity contribution in [2.24, 2.45) is 5.73 Å². The molecule has 1 heterocycles. The summed E-state index contributed by atoms with van der Waals surface area (Å²) in [6.45, 7) is 1.08. The van der Waals surface area contributed by atoms with Crippen molar-refractivity contribution in [3.63, 3.8) is 0 Å². The summed E-state index contributed by atoms with van der Waals surface area (Å²) in [6, 6.07) is 6.34.